The summed E-state index contributed by atoms with van der Waals surface area (Å²) in [6.45, 7) is -0.261. The molecule has 3 aliphatic rings. The first-order chi connectivity index (χ1) is 10.6. The van der Waals surface area contributed by atoms with Gasteiger partial charge in [-0.15, -0.1) is 0 Å². The van der Waals surface area contributed by atoms with Gasteiger partial charge >= 0.3 is 5.97 Å². The average molecular weight is 304 g/mol. The Labute approximate surface area is 131 Å². The van der Waals surface area contributed by atoms with Crippen molar-refractivity contribution >= 4 is 11.9 Å². The molecule has 0 radical (unpaired) electrons. The van der Waals surface area contributed by atoms with Crippen molar-refractivity contribution in [2.24, 2.45) is 17.8 Å². The molecule has 0 spiro atoms. The molecular weight excluding hydrogens is 280 g/mol. The molecule has 0 heterocycles. The largest absolute Gasteiger partial charge is 0.456 e. The van der Waals surface area contributed by atoms with E-state index in [1.165, 1.54) is 19.3 Å². The maximum Gasteiger partial charge on any atom is 0.306 e. The lowest BCUT2D eigenvalue weighted by molar-refractivity contribution is -0.150. The molecule has 3 rings (SSSR count). The molecule has 0 saturated heterocycles. The van der Waals surface area contributed by atoms with Gasteiger partial charge in [-0.3, -0.25) is 9.59 Å². The topological polar surface area (TPSA) is 79.2 Å². The molecule has 3 fully saturated rings. The minimum Gasteiger partial charge on any atom is -0.456 e. The quantitative estimate of drug-likeness (QED) is 0.790. The van der Waals surface area contributed by atoms with E-state index >= 15 is 0 Å². The second-order valence-corrected chi connectivity index (χ2v) is 7.25. The smallest absolute Gasteiger partial charge is 0.306 e. The first-order valence-electron chi connectivity index (χ1n) is 8.48. The monoisotopic (exact) mass is 304 g/mol. The Bertz CT molecular complexity index is 491. The summed E-state index contributed by atoms with van der Waals surface area (Å²) in [5.41, 5.74) is -0.742. The Balaban J connectivity index is 1.39. The molecule has 22 heavy (non-hydrogen) atoms. The van der Waals surface area contributed by atoms with Gasteiger partial charge in [-0.25, -0.2) is 0 Å². The molecule has 3 saturated carbocycles. The third kappa shape index (κ3) is 3.26. The number of fused-ring (bicyclic) bond motifs is 2. The van der Waals surface area contributed by atoms with Crippen LogP contribution in [0.15, 0.2) is 0 Å². The molecule has 0 aliphatic heterocycles. The van der Waals surface area contributed by atoms with E-state index in [4.69, 9.17) is 4.74 Å². The highest BCUT2D eigenvalue weighted by Crippen LogP contribution is 2.49. The zero-order valence-electron chi connectivity index (χ0n) is 13.0. The van der Waals surface area contributed by atoms with Crippen molar-refractivity contribution in [1.29, 1.82) is 5.26 Å². The second-order valence-electron chi connectivity index (χ2n) is 7.25. The van der Waals surface area contributed by atoms with Crippen LogP contribution in [0.2, 0.25) is 0 Å². The summed E-state index contributed by atoms with van der Waals surface area (Å²) in [6, 6.07) is 2.20. The van der Waals surface area contributed by atoms with Crippen LogP contribution in [0, 0.1) is 29.1 Å². The van der Waals surface area contributed by atoms with Crippen molar-refractivity contribution in [2.45, 2.75) is 63.3 Å². The fourth-order valence-corrected chi connectivity index (χ4v) is 4.59. The molecule has 5 nitrogen and oxygen atoms in total. The lowest BCUT2D eigenvalue weighted by Gasteiger charge is -2.22. The molecule has 3 aliphatic carbocycles. The van der Waals surface area contributed by atoms with Gasteiger partial charge in [0.15, 0.2) is 6.61 Å². The Kier molecular flexibility index (Phi) is 4.37. The fourth-order valence-electron chi connectivity index (χ4n) is 4.59. The summed E-state index contributed by atoms with van der Waals surface area (Å²) < 4.78 is 5.11. The maximum atomic E-state index is 11.9. The van der Waals surface area contributed by atoms with E-state index in [0.717, 1.165) is 25.2 Å². The lowest BCUT2D eigenvalue weighted by Crippen LogP contribution is -2.46. The van der Waals surface area contributed by atoms with E-state index in [1.807, 2.05) is 0 Å². The van der Waals surface area contributed by atoms with Gasteiger partial charge in [0.25, 0.3) is 5.91 Å². The van der Waals surface area contributed by atoms with E-state index in [9.17, 15) is 14.9 Å². The van der Waals surface area contributed by atoms with Gasteiger partial charge < -0.3 is 10.1 Å². The Morgan fingerprint density at radius 3 is 2.59 bits per heavy atom. The Morgan fingerprint density at radius 2 is 2.00 bits per heavy atom. The molecule has 0 aromatic rings. The summed E-state index contributed by atoms with van der Waals surface area (Å²) in [5.74, 6) is 1.32. The number of amides is 1. The standard InChI is InChI=1S/C17H24N2O3/c18-11-17(5-1-2-6-17)19-15(20)10-22-16(21)9-14-8-12-3-4-13(14)7-12/h12-14H,1-10H2,(H,19,20)/t12-,13+,14-/m1/s1. The van der Waals surface area contributed by atoms with Gasteiger partial charge in [-0.05, 0) is 62.7 Å². The van der Waals surface area contributed by atoms with Crippen molar-refractivity contribution < 1.29 is 14.3 Å². The third-order valence-corrected chi connectivity index (χ3v) is 5.73. The molecular formula is C17H24N2O3. The summed E-state index contributed by atoms with van der Waals surface area (Å²) in [7, 11) is 0. The molecule has 120 valence electrons. The highest BCUT2D eigenvalue weighted by molar-refractivity contribution is 5.81. The van der Waals surface area contributed by atoms with Crippen LogP contribution in [0.25, 0.3) is 0 Å². The number of hydrogen-bond acceptors (Lipinski definition) is 4. The van der Waals surface area contributed by atoms with Crippen molar-refractivity contribution in [2.75, 3.05) is 6.61 Å². The highest BCUT2D eigenvalue weighted by Gasteiger charge is 2.40. The molecule has 3 atom stereocenters. The number of esters is 1. The van der Waals surface area contributed by atoms with E-state index in [1.54, 1.807) is 0 Å². The number of nitriles is 1. The van der Waals surface area contributed by atoms with Crippen LogP contribution in [-0.2, 0) is 14.3 Å². The first-order valence-corrected chi connectivity index (χ1v) is 8.48. The van der Waals surface area contributed by atoms with Gasteiger partial charge in [-0.1, -0.05) is 6.42 Å². The SMILES string of the molecule is N#CC1(NC(=O)COC(=O)C[C@H]2C[C@@H]3CC[C@H]2C3)CCCC1. The van der Waals surface area contributed by atoms with Crippen LogP contribution >= 0.6 is 0 Å². The molecule has 1 N–H and O–H groups in total. The van der Waals surface area contributed by atoms with Crippen molar-refractivity contribution in [3.63, 3.8) is 0 Å². The summed E-state index contributed by atoms with van der Waals surface area (Å²) in [5, 5.41) is 12.0. The Morgan fingerprint density at radius 1 is 1.23 bits per heavy atom. The molecule has 0 aromatic heterocycles. The molecule has 1 amide bonds. The number of hydrogen-bond donors (Lipinski definition) is 1. The summed E-state index contributed by atoms with van der Waals surface area (Å²) >= 11 is 0. The van der Waals surface area contributed by atoms with E-state index in [0.29, 0.717) is 31.1 Å². The van der Waals surface area contributed by atoms with Gasteiger partial charge in [0, 0.05) is 6.42 Å². The lowest BCUT2D eigenvalue weighted by atomic mass is 9.86. The van der Waals surface area contributed by atoms with Gasteiger partial charge in [-0.2, -0.15) is 5.26 Å². The van der Waals surface area contributed by atoms with Crippen LogP contribution in [-0.4, -0.2) is 24.0 Å². The first kappa shape index (κ1) is 15.3. The van der Waals surface area contributed by atoms with Crippen LogP contribution in [0.1, 0.15) is 57.8 Å². The predicted molar refractivity (Wildman–Crippen MR) is 79.5 cm³/mol. The predicted octanol–water partition coefficient (Wildman–Crippen LogP) is 2.31. The van der Waals surface area contributed by atoms with E-state index in [-0.39, 0.29) is 18.5 Å². The summed E-state index contributed by atoms with van der Waals surface area (Å²) in [4.78, 5) is 23.8. The Hall–Kier alpha value is -1.57. The van der Waals surface area contributed by atoms with Crippen molar-refractivity contribution in [3.05, 3.63) is 0 Å². The third-order valence-electron chi connectivity index (χ3n) is 5.73. The fraction of sp³-hybridized carbons (Fsp3) is 0.824. The molecule has 5 heteroatoms. The molecule has 0 aromatic carbocycles. The van der Waals surface area contributed by atoms with Crippen LogP contribution in [0.4, 0.5) is 0 Å². The minimum atomic E-state index is -0.742. The summed E-state index contributed by atoms with van der Waals surface area (Å²) in [6.07, 6.45) is 8.70. The number of nitrogens with zero attached hydrogens (tertiary/aromatic N) is 1. The van der Waals surface area contributed by atoms with Crippen molar-refractivity contribution in [3.8, 4) is 6.07 Å². The zero-order chi connectivity index (χ0) is 15.6. The maximum absolute atomic E-state index is 11.9. The van der Waals surface area contributed by atoms with Crippen LogP contribution in [0.5, 0.6) is 0 Å². The highest BCUT2D eigenvalue weighted by atomic mass is 16.5. The van der Waals surface area contributed by atoms with E-state index < -0.39 is 5.54 Å². The zero-order valence-corrected chi connectivity index (χ0v) is 13.0. The van der Waals surface area contributed by atoms with Crippen molar-refractivity contribution in [1.82, 2.24) is 5.32 Å². The number of rotatable bonds is 5. The minimum absolute atomic E-state index is 0.261. The number of nitrogens with one attached hydrogen (secondary N) is 1. The molecule has 2 bridgehead atoms. The second kappa shape index (κ2) is 6.28. The van der Waals surface area contributed by atoms with Gasteiger partial charge in [0.2, 0.25) is 0 Å². The average Bonchev–Trinajstić information content (AvgIpc) is 3.22. The van der Waals surface area contributed by atoms with Crippen LogP contribution < -0.4 is 5.32 Å². The number of ether oxygens (including phenoxy) is 1. The van der Waals surface area contributed by atoms with Gasteiger partial charge in [0.05, 0.1) is 6.07 Å². The number of carbonyl (C=O) groups excluding carboxylic acids is 2. The van der Waals surface area contributed by atoms with Crippen LogP contribution in [0.3, 0.4) is 0 Å². The van der Waals surface area contributed by atoms with Gasteiger partial charge in [0.1, 0.15) is 5.54 Å². The normalized spacial score (nSPS) is 31.7. The number of carbonyl (C=O) groups is 2. The molecule has 0 unspecified atom stereocenters. The van der Waals surface area contributed by atoms with E-state index in [2.05, 4.69) is 11.4 Å².